The molecule has 20 heavy (non-hydrogen) atoms. The van der Waals surface area contributed by atoms with Crippen LogP contribution in [0.2, 0.25) is 0 Å². The first-order chi connectivity index (χ1) is 9.76. The van der Waals surface area contributed by atoms with E-state index < -0.39 is 0 Å². The van der Waals surface area contributed by atoms with E-state index in [1.807, 2.05) is 49.8 Å². The van der Waals surface area contributed by atoms with Crippen LogP contribution in [0.3, 0.4) is 0 Å². The van der Waals surface area contributed by atoms with Gasteiger partial charge in [0, 0.05) is 37.6 Å². The molecule has 2 aromatic rings. The third kappa shape index (κ3) is 3.16. The molecule has 1 unspecified atom stereocenters. The summed E-state index contributed by atoms with van der Waals surface area (Å²) in [4.78, 5) is 2.17. The highest BCUT2D eigenvalue weighted by Crippen LogP contribution is 2.26. The first-order valence-corrected chi connectivity index (χ1v) is 6.63. The first-order valence-electron chi connectivity index (χ1n) is 6.63. The Kier molecular flexibility index (Phi) is 4.75. The first kappa shape index (κ1) is 14.1. The maximum atomic E-state index is 8.87. The zero-order valence-corrected chi connectivity index (χ0v) is 11.6. The van der Waals surface area contributed by atoms with Gasteiger partial charge < -0.3 is 10.6 Å². The number of aromatic nitrogens is 2. The molecule has 0 fully saturated rings. The second-order valence-electron chi connectivity index (χ2n) is 4.64. The lowest BCUT2D eigenvalue weighted by atomic mass is 10.1. The molecule has 2 N–H and O–H groups in total. The monoisotopic (exact) mass is 269 g/mol. The average Bonchev–Trinajstić information content (AvgIpc) is 2.90. The van der Waals surface area contributed by atoms with Gasteiger partial charge in [-0.2, -0.15) is 10.4 Å². The van der Waals surface area contributed by atoms with Crippen LogP contribution in [0.15, 0.2) is 42.7 Å². The summed E-state index contributed by atoms with van der Waals surface area (Å²) in [6, 6.07) is 12.3. The molecule has 1 aromatic heterocycles. The van der Waals surface area contributed by atoms with Crippen LogP contribution >= 0.6 is 0 Å². The maximum Gasteiger partial charge on any atom is 0.0695 e. The van der Waals surface area contributed by atoms with Gasteiger partial charge >= 0.3 is 0 Å². The van der Waals surface area contributed by atoms with Crippen molar-refractivity contribution >= 4 is 5.69 Å². The highest BCUT2D eigenvalue weighted by molar-refractivity contribution is 5.48. The van der Waals surface area contributed by atoms with Crippen molar-refractivity contribution in [2.75, 3.05) is 18.0 Å². The molecule has 1 atom stereocenters. The Morgan fingerprint density at radius 1 is 1.40 bits per heavy atom. The zero-order valence-electron chi connectivity index (χ0n) is 11.6. The molecule has 0 bridgehead atoms. The Morgan fingerprint density at radius 2 is 2.15 bits per heavy atom. The summed E-state index contributed by atoms with van der Waals surface area (Å²) in [5.74, 6) is 0. The number of hydrogen-bond acceptors (Lipinski definition) is 4. The van der Waals surface area contributed by atoms with Crippen molar-refractivity contribution in [2.45, 2.75) is 12.5 Å². The predicted octanol–water partition coefficient (Wildman–Crippen LogP) is 1.84. The van der Waals surface area contributed by atoms with Crippen molar-refractivity contribution in [2.24, 2.45) is 12.8 Å². The van der Waals surface area contributed by atoms with Gasteiger partial charge in [0.1, 0.15) is 0 Å². The zero-order chi connectivity index (χ0) is 14.4. The van der Waals surface area contributed by atoms with Crippen molar-refractivity contribution in [3.05, 3.63) is 48.3 Å². The SMILES string of the molecule is Cn1cc(C(CN)N(CCC#N)c2ccccc2)cn1. The number of nitrogens with two attached hydrogens (primary N) is 1. The second-order valence-corrected chi connectivity index (χ2v) is 4.64. The van der Waals surface area contributed by atoms with Crippen molar-refractivity contribution in [1.82, 2.24) is 9.78 Å². The van der Waals surface area contributed by atoms with Crippen molar-refractivity contribution in [3.8, 4) is 6.07 Å². The van der Waals surface area contributed by atoms with E-state index >= 15 is 0 Å². The molecule has 104 valence electrons. The summed E-state index contributed by atoms with van der Waals surface area (Å²) in [5, 5.41) is 13.1. The molecule has 0 spiro atoms. The number of hydrogen-bond donors (Lipinski definition) is 1. The number of para-hydroxylation sites is 1. The molecular formula is C15H19N5. The summed E-state index contributed by atoms with van der Waals surface area (Å²) in [6.45, 7) is 1.13. The van der Waals surface area contributed by atoms with Gasteiger partial charge in [0.25, 0.3) is 0 Å². The summed E-state index contributed by atoms with van der Waals surface area (Å²) in [6.07, 6.45) is 4.27. The van der Waals surface area contributed by atoms with Crippen molar-refractivity contribution < 1.29 is 0 Å². The van der Waals surface area contributed by atoms with Gasteiger partial charge in [0.05, 0.1) is 24.7 Å². The van der Waals surface area contributed by atoms with Crippen molar-refractivity contribution in [1.29, 1.82) is 5.26 Å². The minimum atomic E-state index is 0.0273. The Bertz CT molecular complexity index is 569. The van der Waals surface area contributed by atoms with Crippen LogP contribution < -0.4 is 10.6 Å². The van der Waals surface area contributed by atoms with Crippen LogP contribution in [0.4, 0.5) is 5.69 Å². The van der Waals surface area contributed by atoms with E-state index in [-0.39, 0.29) is 6.04 Å². The van der Waals surface area contributed by atoms with Gasteiger partial charge in [-0.3, -0.25) is 4.68 Å². The van der Waals surface area contributed by atoms with E-state index in [1.165, 1.54) is 0 Å². The number of nitrogens with zero attached hydrogens (tertiary/aromatic N) is 4. The van der Waals surface area contributed by atoms with Gasteiger partial charge in [-0.1, -0.05) is 18.2 Å². The largest absolute Gasteiger partial charge is 0.362 e. The third-order valence-electron chi connectivity index (χ3n) is 3.26. The molecule has 0 saturated heterocycles. The van der Waals surface area contributed by atoms with Gasteiger partial charge in [-0.25, -0.2) is 0 Å². The molecule has 2 rings (SSSR count). The lowest BCUT2D eigenvalue weighted by Crippen LogP contribution is -2.34. The number of benzene rings is 1. The minimum Gasteiger partial charge on any atom is -0.362 e. The summed E-state index contributed by atoms with van der Waals surface area (Å²) < 4.78 is 1.77. The topological polar surface area (TPSA) is 70.9 Å². The van der Waals surface area contributed by atoms with Crippen LogP contribution in [0.1, 0.15) is 18.0 Å². The summed E-state index contributed by atoms with van der Waals surface area (Å²) in [5.41, 5.74) is 8.10. The van der Waals surface area contributed by atoms with Crippen LogP contribution in [-0.2, 0) is 7.05 Å². The number of anilines is 1. The molecule has 0 aliphatic carbocycles. The molecular weight excluding hydrogens is 250 g/mol. The normalized spacial score (nSPS) is 11.8. The van der Waals surface area contributed by atoms with E-state index in [0.717, 1.165) is 11.3 Å². The molecule has 0 aliphatic rings. The van der Waals surface area contributed by atoms with E-state index in [4.69, 9.17) is 11.0 Å². The Balaban J connectivity index is 2.31. The molecule has 0 saturated carbocycles. The van der Waals surface area contributed by atoms with E-state index in [1.54, 1.807) is 4.68 Å². The van der Waals surface area contributed by atoms with Crippen LogP contribution in [0, 0.1) is 11.3 Å². The van der Waals surface area contributed by atoms with Gasteiger partial charge in [-0.15, -0.1) is 0 Å². The molecule has 0 radical (unpaired) electrons. The number of nitriles is 1. The molecule has 0 amide bonds. The number of aryl methyl sites for hydroxylation is 1. The number of rotatable bonds is 6. The fourth-order valence-electron chi connectivity index (χ4n) is 2.31. The van der Waals surface area contributed by atoms with Gasteiger partial charge in [-0.05, 0) is 12.1 Å². The predicted molar refractivity (Wildman–Crippen MR) is 79.0 cm³/mol. The van der Waals surface area contributed by atoms with Crippen LogP contribution in [-0.4, -0.2) is 22.9 Å². The smallest absolute Gasteiger partial charge is 0.0695 e. The molecule has 1 heterocycles. The summed E-state index contributed by atoms with van der Waals surface area (Å²) in [7, 11) is 1.89. The Hall–Kier alpha value is -2.32. The van der Waals surface area contributed by atoms with E-state index in [9.17, 15) is 0 Å². The minimum absolute atomic E-state index is 0.0273. The fourth-order valence-corrected chi connectivity index (χ4v) is 2.31. The molecule has 1 aromatic carbocycles. The average molecular weight is 269 g/mol. The highest BCUT2D eigenvalue weighted by Gasteiger charge is 2.20. The molecule has 5 heteroatoms. The third-order valence-corrected chi connectivity index (χ3v) is 3.26. The second kappa shape index (κ2) is 6.73. The van der Waals surface area contributed by atoms with E-state index in [2.05, 4.69) is 16.1 Å². The standard InChI is InChI=1S/C15H19N5/c1-19-12-13(11-18-19)15(10-17)20(9-5-8-16)14-6-3-2-4-7-14/h2-4,6-7,11-12,15H,5,9-10,17H2,1H3. The lowest BCUT2D eigenvalue weighted by molar-refractivity contribution is 0.630. The fraction of sp³-hybridized carbons (Fsp3) is 0.333. The maximum absolute atomic E-state index is 8.87. The van der Waals surface area contributed by atoms with Crippen molar-refractivity contribution in [3.63, 3.8) is 0 Å². The Morgan fingerprint density at radius 3 is 2.70 bits per heavy atom. The highest BCUT2D eigenvalue weighted by atomic mass is 15.3. The molecule has 0 aliphatic heterocycles. The van der Waals surface area contributed by atoms with E-state index in [0.29, 0.717) is 19.5 Å². The van der Waals surface area contributed by atoms with Gasteiger partial charge in [0.2, 0.25) is 0 Å². The van der Waals surface area contributed by atoms with Gasteiger partial charge in [0.15, 0.2) is 0 Å². The summed E-state index contributed by atoms with van der Waals surface area (Å²) >= 11 is 0. The lowest BCUT2D eigenvalue weighted by Gasteiger charge is -2.32. The molecule has 5 nitrogen and oxygen atoms in total. The van der Waals surface area contributed by atoms with Crippen LogP contribution in [0.25, 0.3) is 0 Å². The Labute approximate surface area is 119 Å². The quantitative estimate of drug-likeness (QED) is 0.868. The van der Waals surface area contributed by atoms with Crippen LogP contribution in [0.5, 0.6) is 0 Å².